The van der Waals surface area contributed by atoms with Gasteiger partial charge in [-0.05, 0) is 66.1 Å². The standard InChI is InChI=1S/C25H20Cl3N3O2/c1-16-12-21(8-9-22(16)27)33-15-17-2-4-18(5-3-17)25(32)29-24-10-11-31(30-24)14-19-6-7-20(26)13-23(19)28/h2-13H,14-15H2,1H3,(H,29,30,32). The van der Waals surface area contributed by atoms with E-state index in [1.807, 2.05) is 43.3 Å². The zero-order valence-corrected chi connectivity index (χ0v) is 20.0. The van der Waals surface area contributed by atoms with E-state index < -0.39 is 0 Å². The molecule has 3 aromatic carbocycles. The molecule has 0 saturated heterocycles. The third-order valence-electron chi connectivity index (χ3n) is 4.98. The summed E-state index contributed by atoms with van der Waals surface area (Å²) in [5, 5.41) is 9.05. The van der Waals surface area contributed by atoms with Gasteiger partial charge in [0.15, 0.2) is 5.82 Å². The summed E-state index contributed by atoms with van der Waals surface area (Å²) in [7, 11) is 0. The van der Waals surface area contributed by atoms with E-state index in [9.17, 15) is 4.79 Å². The quantitative estimate of drug-likeness (QED) is 0.296. The predicted molar refractivity (Wildman–Crippen MR) is 133 cm³/mol. The van der Waals surface area contributed by atoms with E-state index in [0.29, 0.717) is 39.6 Å². The smallest absolute Gasteiger partial charge is 0.256 e. The minimum absolute atomic E-state index is 0.245. The van der Waals surface area contributed by atoms with E-state index in [4.69, 9.17) is 39.5 Å². The third-order valence-corrected chi connectivity index (χ3v) is 5.99. The lowest BCUT2D eigenvalue weighted by Gasteiger charge is -2.09. The molecule has 0 saturated carbocycles. The Labute approximate surface area is 206 Å². The number of carbonyl (C=O) groups is 1. The molecule has 0 spiro atoms. The second-order valence-electron chi connectivity index (χ2n) is 7.49. The van der Waals surface area contributed by atoms with Crippen LogP contribution in [0.3, 0.4) is 0 Å². The molecule has 4 rings (SSSR count). The maximum absolute atomic E-state index is 12.6. The van der Waals surface area contributed by atoms with Gasteiger partial charge in [0, 0.05) is 32.9 Å². The van der Waals surface area contributed by atoms with Crippen molar-refractivity contribution in [2.75, 3.05) is 5.32 Å². The Hall–Kier alpha value is -2.99. The fourth-order valence-electron chi connectivity index (χ4n) is 3.16. The fraction of sp³-hybridized carbons (Fsp3) is 0.120. The Balaban J connectivity index is 1.33. The normalized spacial score (nSPS) is 10.8. The van der Waals surface area contributed by atoms with Crippen LogP contribution in [0.15, 0.2) is 72.9 Å². The summed E-state index contributed by atoms with van der Waals surface area (Å²) < 4.78 is 7.50. The highest BCUT2D eigenvalue weighted by Gasteiger charge is 2.10. The number of aromatic nitrogens is 2. The molecule has 168 valence electrons. The lowest BCUT2D eigenvalue weighted by atomic mass is 10.1. The number of ether oxygens (including phenoxy) is 1. The lowest BCUT2D eigenvalue weighted by molar-refractivity contribution is 0.102. The molecular weight excluding hydrogens is 481 g/mol. The van der Waals surface area contributed by atoms with Crippen LogP contribution in [0.4, 0.5) is 5.82 Å². The summed E-state index contributed by atoms with van der Waals surface area (Å²) in [4.78, 5) is 12.6. The average molecular weight is 501 g/mol. The van der Waals surface area contributed by atoms with Crippen molar-refractivity contribution in [3.8, 4) is 5.75 Å². The van der Waals surface area contributed by atoms with Crippen LogP contribution in [0.1, 0.15) is 27.0 Å². The van der Waals surface area contributed by atoms with Gasteiger partial charge in [-0.25, -0.2) is 0 Å². The number of halogens is 3. The molecule has 0 aliphatic rings. The maximum Gasteiger partial charge on any atom is 0.256 e. The van der Waals surface area contributed by atoms with Crippen molar-refractivity contribution < 1.29 is 9.53 Å². The van der Waals surface area contributed by atoms with Gasteiger partial charge in [-0.1, -0.05) is 53.0 Å². The highest BCUT2D eigenvalue weighted by Crippen LogP contribution is 2.23. The summed E-state index contributed by atoms with van der Waals surface area (Å²) in [6.07, 6.45) is 1.78. The topological polar surface area (TPSA) is 56.1 Å². The monoisotopic (exact) mass is 499 g/mol. The summed E-state index contributed by atoms with van der Waals surface area (Å²) in [5.74, 6) is 0.954. The Morgan fingerprint density at radius 3 is 2.48 bits per heavy atom. The van der Waals surface area contributed by atoms with E-state index in [1.165, 1.54) is 0 Å². The number of carbonyl (C=O) groups excluding carboxylic acids is 1. The highest BCUT2D eigenvalue weighted by atomic mass is 35.5. The third kappa shape index (κ3) is 6.08. The van der Waals surface area contributed by atoms with E-state index in [-0.39, 0.29) is 5.91 Å². The van der Waals surface area contributed by atoms with E-state index in [0.717, 1.165) is 22.4 Å². The van der Waals surface area contributed by atoms with Crippen molar-refractivity contribution in [2.24, 2.45) is 0 Å². The molecule has 0 bridgehead atoms. The van der Waals surface area contributed by atoms with Crippen LogP contribution < -0.4 is 10.1 Å². The van der Waals surface area contributed by atoms with Crippen LogP contribution in [-0.2, 0) is 13.2 Å². The molecule has 8 heteroatoms. The minimum Gasteiger partial charge on any atom is -0.489 e. The van der Waals surface area contributed by atoms with Crippen molar-refractivity contribution in [1.82, 2.24) is 9.78 Å². The van der Waals surface area contributed by atoms with Gasteiger partial charge in [0.1, 0.15) is 12.4 Å². The molecule has 1 amide bonds. The van der Waals surface area contributed by atoms with Crippen LogP contribution >= 0.6 is 34.8 Å². The second kappa shape index (κ2) is 10.3. The summed E-state index contributed by atoms with van der Waals surface area (Å²) in [6.45, 7) is 2.78. The first-order valence-corrected chi connectivity index (χ1v) is 11.3. The van der Waals surface area contributed by atoms with Crippen LogP contribution in [-0.4, -0.2) is 15.7 Å². The predicted octanol–water partition coefficient (Wildman–Crippen LogP) is 7.03. The molecular formula is C25H20Cl3N3O2. The number of nitrogens with one attached hydrogen (secondary N) is 1. The molecule has 33 heavy (non-hydrogen) atoms. The molecule has 0 radical (unpaired) electrons. The van der Waals surface area contributed by atoms with Crippen molar-refractivity contribution >= 4 is 46.5 Å². The van der Waals surface area contributed by atoms with Gasteiger partial charge >= 0.3 is 0 Å². The zero-order valence-electron chi connectivity index (χ0n) is 17.7. The Bertz CT molecular complexity index is 1290. The van der Waals surface area contributed by atoms with Crippen LogP contribution in [0.25, 0.3) is 0 Å². The Morgan fingerprint density at radius 1 is 0.970 bits per heavy atom. The maximum atomic E-state index is 12.6. The first-order valence-electron chi connectivity index (χ1n) is 10.1. The molecule has 1 N–H and O–H groups in total. The number of rotatable bonds is 7. The molecule has 1 aromatic heterocycles. The molecule has 4 aromatic rings. The van der Waals surface area contributed by atoms with Crippen LogP contribution in [0.5, 0.6) is 5.75 Å². The molecule has 0 aliphatic carbocycles. The first-order chi connectivity index (χ1) is 15.9. The highest BCUT2D eigenvalue weighted by molar-refractivity contribution is 6.35. The second-order valence-corrected chi connectivity index (χ2v) is 8.74. The van der Waals surface area contributed by atoms with Crippen molar-refractivity contribution in [1.29, 1.82) is 0 Å². The molecule has 0 unspecified atom stereocenters. The summed E-state index contributed by atoms with van der Waals surface area (Å²) in [6, 6.07) is 19.8. The Morgan fingerprint density at radius 2 is 1.76 bits per heavy atom. The summed E-state index contributed by atoms with van der Waals surface area (Å²) in [5.41, 5.74) is 3.31. The Kier molecular flexibility index (Phi) is 7.23. The van der Waals surface area contributed by atoms with Crippen molar-refractivity contribution in [3.05, 3.63) is 110 Å². The SMILES string of the molecule is Cc1cc(OCc2ccc(C(=O)Nc3ccn(Cc4ccc(Cl)cc4Cl)n3)cc2)ccc1Cl. The number of aryl methyl sites for hydroxylation is 1. The molecule has 5 nitrogen and oxygen atoms in total. The van der Waals surface area contributed by atoms with Crippen molar-refractivity contribution in [2.45, 2.75) is 20.1 Å². The van der Waals surface area contributed by atoms with Gasteiger partial charge in [-0.3, -0.25) is 9.48 Å². The molecule has 1 heterocycles. The molecule has 0 fully saturated rings. The number of anilines is 1. The summed E-state index contributed by atoms with van der Waals surface area (Å²) >= 11 is 18.2. The van der Waals surface area contributed by atoms with Gasteiger partial charge in [0.05, 0.1) is 6.54 Å². The zero-order chi connectivity index (χ0) is 23.4. The van der Waals surface area contributed by atoms with E-state index in [1.54, 1.807) is 41.2 Å². The minimum atomic E-state index is -0.245. The van der Waals surface area contributed by atoms with E-state index in [2.05, 4.69) is 10.4 Å². The number of amides is 1. The number of nitrogens with zero attached hydrogens (tertiary/aromatic N) is 2. The van der Waals surface area contributed by atoms with Gasteiger partial charge in [0.25, 0.3) is 5.91 Å². The average Bonchev–Trinajstić information content (AvgIpc) is 3.23. The van der Waals surface area contributed by atoms with Gasteiger partial charge < -0.3 is 10.1 Å². The lowest BCUT2D eigenvalue weighted by Crippen LogP contribution is -2.13. The molecule has 0 atom stereocenters. The van der Waals surface area contributed by atoms with Crippen LogP contribution in [0, 0.1) is 6.92 Å². The number of benzene rings is 3. The largest absolute Gasteiger partial charge is 0.489 e. The van der Waals surface area contributed by atoms with E-state index >= 15 is 0 Å². The van der Waals surface area contributed by atoms with Crippen LogP contribution in [0.2, 0.25) is 15.1 Å². The van der Waals surface area contributed by atoms with Gasteiger partial charge in [-0.15, -0.1) is 0 Å². The van der Waals surface area contributed by atoms with Gasteiger partial charge in [0.2, 0.25) is 0 Å². The fourth-order valence-corrected chi connectivity index (χ4v) is 3.74. The number of hydrogen-bond acceptors (Lipinski definition) is 3. The molecule has 0 aliphatic heterocycles. The number of hydrogen-bond donors (Lipinski definition) is 1. The van der Waals surface area contributed by atoms with Crippen molar-refractivity contribution in [3.63, 3.8) is 0 Å². The first kappa shape index (κ1) is 23.2. The van der Waals surface area contributed by atoms with Gasteiger partial charge in [-0.2, -0.15) is 5.10 Å².